The van der Waals surface area contributed by atoms with Crippen molar-refractivity contribution in [1.82, 2.24) is 19.8 Å². The Bertz CT molecular complexity index is 1530. The number of nitrogens with zero attached hydrogens (tertiary/aromatic N) is 3. The van der Waals surface area contributed by atoms with Crippen LogP contribution in [0, 0.1) is 0 Å². The van der Waals surface area contributed by atoms with Gasteiger partial charge in [-0.2, -0.15) is 13.2 Å². The summed E-state index contributed by atoms with van der Waals surface area (Å²) in [6, 6.07) is 14.3. The lowest BCUT2D eigenvalue weighted by atomic mass is 10.2. The number of nitrogens with one attached hydrogen (secondary N) is 1. The molecular weight excluding hydrogens is 581 g/mol. The lowest BCUT2D eigenvalue weighted by Crippen LogP contribution is -2.25. The Balaban J connectivity index is 1.19. The lowest BCUT2D eigenvalue weighted by Gasteiger charge is -2.17. The molecule has 7 nitrogen and oxygen atoms in total. The van der Waals surface area contributed by atoms with Gasteiger partial charge in [0.2, 0.25) is 0 Å². The van der Waals surface area contributed by atoms with E-state index >= 15 is 0 Å². The Labute approximate surface area is 253 Å². The molecular formula is C32H34ClF3N4O3. The van der Waals surface area contributed by atoms with E-state index in [0.717, 1.165) is 62.2 Å². The summed E-state index contributed by atoms with van der Waals surface area (Å²) in [5, 5.41) is -0.375. The molecule has 0 atom stereocenters. The fourth-order valence-corrected chi connectivity index (χ4v) is 5.81. The number of fused-ring (bicyclic) bond motifs is 1. The number of hydrogen-bond acceptors (Lipinski definition) is 6. The van der Waals surface area contributed by atoms with Gasteiger partial charge in [-0.1, -0.05) is 11.6 Å². The number of hydrogen-bond donors (Lipinski definition) is 1. The van der Waals surface area contributed by atoms with Crippen LogP contribution < -0.4 is 14.2 Å². The number of H-pyrrole nitrogens is 1. The van der Waals surface area contributed by atoms with Crippen LogP contribution in [0.4, 0.5) is 13.2 Å². The second-order valence-electron chi connectivity index (χ2n) is 11.0. The molecule has 2 fully saturated rings. The van der Waals surface area contributed by atoms with E-state index in [-0.39, 0.29) is 10.8 Å². The van der Waals surface area contributed by atoms with Gasteiger partial charge in [-0.25, -0.2) is 4.98 Å². The van der Waals surface area contributed by atoms with Gasteiger partial charge in [-0.15, -0.1) is 0 Å². The molecule has 2 aliphatic rings. The average Bonchev–Trinajstić information content (AvgIpc) is 3.77. The zero-order chi connectivity index (χ0) is 29.8. The molecule has 0 aliphatic carbocycles. The van der Waals surface area contributed by atoms with Crippen molar-refractivity contribution in [2.24, 2.45) is 0 Å². The molecule has 3 heterocycles. The Morgan fingerprint density at radius 1 is 0.767 bits per heavy atom. The summed E-state index contributed by atoms with van der Waals surface area (Å²) in [7, 11) is 0. The number of aromatic amines is 1. The molecule has 2 saturated heterocycles. The van der Waals surface area contributed by atoms with E-state index in [0.29, 0.717) is 36.1 Å². The van der Waals surface area contributed by atoms with Gasteiger partial charge in [0.15, 0.2) is 5.75 Å². The third kappa shape index (κ3) is 7.37. The third-order valence-electron chi connectivity index (χ3n) is 7.87. The van der Waals surface area contributed by atoms with E-state index in [1.807, 2.05) is 12.1 Å². The van der Waals surface area contributed by atoms with Gasteiger partial charge in [0.1, 0.15) is 41.8 Å². The van der Waals surface area contributed by atoms with Crippen LogP contribution in [0.2, 0.25) is 5.02 Å². The smallest absolute Gasteiger partial charge is 0.417 e. The molecule has 2 aliphatic heterocycles. The fourth-order valence-electron chi connectivity index (χ4n) is 5.58. The third-order valence-corrected chi connectivity index (χ3v) is 8.20. The van der Waals surface area contributed by atoms with Crippen molar-refractivity contribution < 1.29 is 27.4 Å². The predicted molar refractivity (Wildman–Crippen MR) is 160 cm³/mol. The van der Waals surface area contributed by atoms with E-state index in [4.69, 9.17) is 30.8 Å². The minimum Gasteiger partial charge on any atom is -0.492 e. The highest BCUT2D eigenvalue weighted by molar-refractivity contribution is 6.31. The normalized spacial score (nSPS) is 16.3. The molecule has 1 N–H and O–H groups in total. The number of likely N-dealkylation sites (tertiary alicyclic amines) is 2. The Hall–Kier alpha value is -3.47. The summed E-state index contributed by atoms with van der Waals surface area (Å²) in [6.07, 6.45) is 0.365. The molecule has 0 radical (unpaired) electrons. The summed E-state index contributed by atoms with van der Waals surface area (Å²) in [4.78, 5) is 13.0. The minimum atomic E-state index is -4.57. The minimum absolute atomic E-state index is 0.0428. The molecule has 0 saturated carbocycles. The van der Waals surface area contributed by atoms with Gasteiger partial charge in [-0.05, 0) is 94.3 Å². The van der Waals surface area contributed by atoms with Crippen molar-refractivity contribution in [2.45, 2.75) is 31.9 Å². The van der Waals surface area contributed by atoms with Crippen LogP contribution in [0.5, 0.6) is 23.0 Å². The molecule has 6 rings (SSSR count). The van der Waals surface area contributed by atoms with Crippen LogP contribution in [-0.4, -0.2) is 72.3 Å². The van der Waals surface area contributed by atoms with Crippen LogP contribution >= 0.6 is 11.6 Å². The van der Waals surface area contributed by atoms with E-state index < -0.39 is 11.7 Å². The standard InChI is InChI=1S/C32H34ClF3N4O3/c33-27-10-9-24(19-26(27)32(34,35)36)43-23-7-5-22(6-8-23)31-37-28-20-25(41-17-15-39-11-1-2-12-39)21-29(30(28)38-31)42-18-16-40-13-3-4-14-40/h5-10,19-21H,1-4,11-18H2,(H,37,38). The quantitative estimate of drug-likeness (QED) is 0.187. The van der Waals surface area contributed by atoms with Crippen LogP contribution in [0.3, 0.4) is 0 Å². The Kier molecular flexibility index (Phi) is 8.97. The monoisotopic (exact) mass is 614 g/mol. The molecule has 1 aromatic heterocycles. The summed E-state index contributed by atoms with van der Waals surface area (Å²) in [6.45, 7) is 7.35. The van der Waals surface area contributed by atoms with Gasteiger partial charge < -0.3 is 19.2 Å². The van der Waals surface area contributed by atoms with Crippen molar-refractivity contribution in [3.63, 3.8) is 0 Å². The number of halogens is 4. The molecule has 11 heteroatoms. The highest BCUT2D eigenvalue weighted by Crippen LogP contribution is 2.38. The Morgan fingerprint density at radius 3 is 2.05 bits per heavy atom. The predicted octanol–water partition coefficient (Wildman–Crippen LogP) is 7.64. The summed E-state index contributed by atoms with van der Waals surface area (Å²) < 4.78 is 57.8. The molecule has 43 heavy (non-hydrogen) atoms. The first kappa shape index (κ1) is 29.6. The van der Waals surface area contributed by atoms with Gasteiger partial charge in [0.25, 0.3) is 0 Å². The van der Waals surface area contributed by atoms with Crippen molar-refractivity contribution in [3.05, 3.63) is 65.2 Å². The van der Waals surface area contributed by atoms with E-state index in [2.05, 4.69) is 14.8 Å². The molecule has 0 unspecified atom stereocenters. The van der Waals surface area contributed by atoms with E-state index in [9.17, 15) is 13.2 Å². The number of benzene rings is 3. The van der Waals surface area contributed by atoms with Crippen LogP contribution in [0.25, 0.3) is 22.4 Å². The topological polar surface area (TPSA) is 62.9 Å². The summed E-state index contributed by atoms with van der Waals surface area (Å²) >= 11 is 5.73. The van der Waals surface area contributed by atoms with Crippen molar-refractivity contribution in [2.75, 3.05) is 52.5 Å². The molecule has 0 bridgehead atoms. The number of rotatable bonds is 11. The van der Waals surface area contributed by atoms with Gasteiger partial charge in [0, 0.05) is 30.8 Å². The Morgan fingerprint density at radius 2 is 1.40 bits per heavy atom. The van der Waals surface area contributed by atoms with Crippen LogP contribution in [-0.2, 0) is 6.18 Å². The molecule has 3 aromatic carbocycles. The summed E-state index contributed by atoms with van der Waals surface area (Å²) in [5.74, 6) is 2.45. The number of ether oxygens (including phenoxy) is 3. The number of imidazole rings is 1. The fraction of sp³-hybridized carbons (Fsp3) is 0.406. The number of alkyl halides is 3. The van der Waals surface area contributed by atoms with Crippen LogP contribution in [0.1, 0.15) is 31.2 Å². The van der Waals surface area contributed by atoms with Crippen LogP contribution in [0.15, 0.2) is 54.6 Å². The lowest BCUT2D eigenvalue weighted by molar-refractivity contribution is -0.137. The first-order chi connectivity index (χ1) is 20.8. The molecule has 0 spiro atoms. The zero-order valence-corrected chi connectivity index (χ0v) is 24.5. The average molecular weight is 615 g/mol. The highest BCUT2D eigenvalue weighted by atomic mass is 35.5. The van der Waals surface area contributed by atoms with E-state index in [1.165, 1.54) is 37.8 Å². The van der Waals surface area contributed by atoms with Gasteiger partial charge in [-0.3, -0.25) is 9.80 Å². The summed E-state index contributed by atoms with van der Waals surface area (Å²) in [5.41, 5.74) is 1.36. The maximum absolute atomic E-state index is 13.2. The van der Waals surface area contributed by atoms with Crippen molar-refractivity contribution in [3.8, 4) is 34.4 Å². The number of aromatic nitrogens is 2. The van der Waals surface area contributed by atoms with Gasteiger partial charge >= 0.3 is 6.18 Å². The van der Waals surface area contributed by atoms with Crippen molar-refractivity contribution >= 4 is 22.6 Å². The second kappa shape index (κ2) is 13.0. The zero-order valence-electron chi connectivity index (χ0n) is 23.8. The first-order valence-electron chi connectivity index (χ1n) is 14.7. The second-order valence-corrected chi connectivity index (χ2v) is 11.4. The maximum Gasteiger partial charge on any atom is 0.417 e. The molecule has 228 valence electrons. The SMILES string of the molecule is FC(F)(F)c1cc(Oc2ccc(-c3nc4c(OCCN5CCCC5)cc(OCCN5CCCC5)cc4[nH]3)cc2)ccc1Cl. The van der Waals surface area contributed by atoms with Crippen molar-refractivity contribution in [1.29, 1.82) is 0 Å². The maximum atomic E-state index is 13.2. The first-order valence-corrected chi connectivity index (χ1v) is 15.1. The molecule has 0 amide bonds. The largest absolute Gasteiger partial charge is 0.492 e. The van der Waals surface area contributed by atoms with Gasteiger partial charge in [0.05, 0.1) is 16.1 Å². The van der Waals surface area contributed by atoms with E-state index in [1.54, 1.807) is 24.3 Å². The molecule has 4 aromatic rings. The highest BCUT2D eigenvalue weighted by Gasteiger charge is 2.33.